The molecule has 0 bridgehead atoms. The molecule has 0 saturated carbocycles. The Balaban J connectivity index is 1.57. The molecule has 6 nitrogen and oxygen atoms in total. The number of carbonyl (C=O) groups excluding carboxylic acids is 1. The van der Waals surface area contributed by atoms with Gasteiger partial charge in [0.25, 0.3) is 0 Å². The molecule has 0 atom stereocenters. The van der Waals surface area contributed by atoms with Crippen LogP contribution in [-0.4, -0.2) is 34.6 Å². The van der Waals surface area contributed by atoms with Crippen LogP contribution < -0.4 is 16.1 Å². The van der Waals surface area contributed by atoms with Crippen molar-refractivity contribution in [3.8, 4) is 0 Å². The van der Waals surface area contributed by atoms with E-state index in [-0.39, 0.29) is 12.5 Å². The van der Waals surface area contributed by atoms with Crippen molar-refractivity contribution in [2.75, 3.05) is 11.9 Å². The van der Waals surface area contributed by atoms with Crippen molar-refractivity contribution in [2.45, 2.75) is 6.54 Å². The standard InChI is InChI=1S/C18H18BN3O3/c23-17(12-20-11-13-4-1-7-15(10-13)19(24)25)22-16-8-2-5-14-6-3-9-21-18(14)16/h1-10,20,24-25H,11-12H2,(H,22,23). The van der Waals surface area contributed by atoms with E-state index in [0.29, 0.717) is 17.7 Å². The van der Waals surface area contributed by atoms with Crippen molar-refractivity contribution >= 4 is 35.1 Å². The Hall–Kier alpha value is -2.74. The van der Waals surface area contributed by atoms with Crippen LogP contribution in [0.2, 0.25) is 0 Å². The number of hydrogen-bond acceptors (Lipinski definition) is 5. The summed E-state index contributed by atoms with van der Waals surface area (Å²) < 4.78 is 0. The van der Waals surface area contributed by atoms with Crippen LogP contribution in [0.5, 0.6) is 0 Å². The summed E-state index contributed by atoms with van der Waals surface area (Å²) >= 11 is 0. The molecule has 4 N–H and O–H groups in total. The number of carbonyl (C=O) groups is 1. The summed E-state index contributed by atoms with van der Waals surface area (Å²) in [5.41, 5.74) is 2.72. The van der Waals surface area contributed by atoms with Crippen LogP contribution in [0.1, 0.15) is 5.56 Å². The number of rotatable bonds is 6. The van der Waals surface area contributed by atoms with Gasteiger partial charge < -0.3 is 20.7 Å². The van der Waals surface area contributed by atoms with Crippen LogP contribution in [0.3, 0.4) is 0 Å². The Bertz CT molecular complexity index is 881. The molecule has 0 unspecified atom stereocenters. The highest BCUT2D eigenvalue weighted by Gasteiger charge is 2.11. The van der Waals surface area contributed by atoms with Crippen molar-refractivity contribution in [1.29, 1.82) is 0 Å². The van der Waals surface area contributed by atoms with Gasteiger partial charge in [0.05, 0.1) is 17.7 Å². The first-order valence-corrected chi connectivity index (χ1v) is 7.93. The lowest BCUT2D eigenvalue weighted by Gasteiger charge is -2.09. The number of amides is 1. The summed E-state index contributed by atoms with van der Waals surface area (Å²) in [6, 6.07) is 16.3. The topological polar surface area (TPSA) is 94.5 Å². The zero-order valence-corrected chi connectivity index (χ0v) is 13.5. The fourth-order valence-electron chi connectivity index (χ4n) is 2.58. The lowest BCUT2D eigenvalue weighted by atomic mass is 9.80. The minimum absolute atomic E-state index is 0.134. The zero-order chi connectivity index (χ0) is 17.6. The van der Waals surface area contributed by atoms with Gasteiger partial charge >= 0.3 is 7.12 Å². The van der Waals surface area contributed by atoms with Crippen LogP contribution in [0.4, 0.5) is 5.69 Å². The van der Waals surface area contributed by atoms with E-state index >= 15 is 0 Å². The van der Waals surface area contributed by atoms with Crippen LogP contribution in [-0.2, 0) is 11.3 Å². The number of hydrogen-bond donors (Lipinski definition) is 4. The smallest absolute Gasteiger partial charge is 0.423 e. The van der Waals surface area contributed by atoms with Gasteiger partial charge in [-0.15, -0.1) is 0 Å². The molecule has 25 heavy (non-hydrogen) atoms. The molecule has 1 aromatic heterocycles. The average Bonchev–Trinajstić information content (AvgIpc) is 2.62. The molecule has 2 aromatic carbocycles. The SMILES string of the molecule is O=C(CNCc1cccc(B(O)O)c1)Nc1cccc2cccnc12. The van der Waals surface area contributed by atoms with Gasteiger partial charge in [0.15, 0.2) is 0 Å². The Morgan fingerprint density at radius 2 is 1.88 bits per heavy atom. The van der Waals surface area contributed by atoms with E-state index in [0.717, 1.165) is 16.5 Å². The van der Waals surface area contributed by atoms with Gasteiger partial charge in [-0.1, -0.05) is 42.5 Å². The van der Waals surface area contributed by atoms with Gasteiger partial charge in [-0.05, 0) is 23.2 Å². The summed E-state index contributed by atoms with van der Waals surface area (Å²) in [7, 11) is -1.50. The summed E-state index contributed by atoms with van der Waals surface area (Å²) in [6.07, 6.45) is 1.69. The van der Waals surface area contributed by atoms with Crippen molar-refractivity contribution < 1.29 is 14.8 Å². The van der Waals surface area contributed by atoms with E-state index in [2.05, 4.69) is 15.6 Å². The first-order valence-electron chi connectivity index (χ1n) is 7.93. The lowest BCUT2D eigenvalue weighted by molar-refractivity contribution is -0.115. The molecule has 3 aromatic rings. The number of fused-ring (bicyclic) bond motifs is 1. The number of pyridine rings is 1. The van der Waals surface area contributed by atoms with Gasteiger partial charge in [0, 0.05) is 18.1 Å². The second-order valence-corrected chi connectivity index (χ2v) is 5.65. The average molecular weight is 335 g/mol. The van der Waals surface area contributed by atoms with Gasteiger partial charge in [0.2, 0.25) is 5.91 Å². The molecule has 1 heterocycles. The van der Waals surface area contributed by atoms with Crippen molar-refractivity contribution in [1.82, 2.24) is 10.3 Å². The monoisotopic (exact) mass is 335 g/mol. The molecule has 0 fully saturated rings. The number of para-hydroxylation sites is 1. The predicted octanol–water partition coefficient (Wildman–Crippen LogP) is 0.643. The fraction of sp³-hybridized carbons (Fsp3) is 0.111. The van der Waals surface area contributed by atoms with Crippen LogP contribution >= 0.6 is 0 Å². The molecule has 0 radical (unpaired) electrons. The summed E-state index contributed by atoms with van der Waals surface area (Å²) in [5, 5.41) is 25.2. The van der Waals surface area contributed by atoms with E-state index in [1.807, 2.05) is 36.4 Å². The van der Waals surface area contributed by atoms with Crippen LogP contribution in [0, 0.1) is 0 Å². The van der Waals surface area contributed by atoms with Crippen molar-refractivity contribution in [2.24, 2.45) is 0 Å². The summed E-state index contributed by atoms with van der Waals surface area (Å²) in [5.74, 6) is -0.170. The van der Waals surface area contributed by atoms with Crippen LogP contribution in [0.15, 0.2) is 60.8 Å². The van der Waals surface area contributed by atoms with Gasteiger partial charge in [-0.3, -0.25) is 9.78 Å². The molecule has 0 aliphatic rings. The highest BCUT2D eigenvalue weighted by atomic mass is 16.4. The van der Waals surface area contributed by atoms with Gasteiger partial charge in [-0.2, -0.15) is 0 Å². The van der Waals surface area contributed by atoms with Crippen LogP contribution in [0.25, 0.3) is 10.9 Å². The Morgan fingerprint density at radius 3 is 2.72 bits per heavy atom. The molecular formula is C18H18BN3O3. The third-order valence-corrected chi connectivity index (χ3v) is 3.77. The lowest BCUT2D eigenvalue weighted by Crippen LogP contribution is -2.31. The third-order valence-electron chi connectivity index (χ3n) is 3.77. The van der Waals surface area contributed by atoms with Crippen molar-refractivity contribution in [3.63, 3.8) is 0 Å². The molecule has 0 saturated heterocycles. The predicted molar refractivity (Wildman–Crippen MR) is 98.3 cm³/mol. The molecule has 0 aliphatic heterocycles. The minimum atomic E-state index is -1.50. The van der Waals surface area contributed by atoms with E-state index in [1.165, 1.54) is 0 Å². The van der Waals surface area contributed by atoms with E-state index in [9.17, 15) is 14.8 Å². The molecule has 0 aliphatic carbocycles. The number of aromatic nitrogens is 1. The second-order valence-electron chi connectivity index (χ2n) is 5.65. The highest BCUT2D eigenvalue weighted by Crippen LogP contribution is 2.20. The maximum atomic E-state index is 12.1. The third kappa shape index (κ3) is 4.42. The highest BCUT2D eigenvalue weighted by molar-refractivity contribution is 6.58. The van der Waals surface area contributed by atoms with Gasteiger partial charge in [0.1, 0.15) is 0 Å². The molecule has 1 amide bonds. The number of nitrogens with one attached hydrogen (secondary N) is 2. The number of benzene rings is 2. The maximum absolute atomic E-state index is 12.1. The molecule has 0 spiro atoms. The fourth-order valence-corrected chi connectivity index (χ4v) is 2.58. The van der Waals surface area contributed by atoms with Gasteiger partial charge in [-0.25, -0.2) is 0 Å². The van der Waals surface area contributed by atoms with E-state index < -0.39 is 7.12 Å². The second kappa shape index (κ2) is 7.89. The van der Waals surface area contributed by atoms with E-state index in [1.54, 1.807) is 24.4 Å². The quantitative estimate of drug-likeness (QED) is 0.496. The summed E-state index contributed by atoms with van der Waals surface area (Å²) in [4.78, 5) is 16.4. The molecule has 3 rings (SSSR count). The first-order chi connectivity index (χ1) is 12.1. The molecular weight excluding hydrogens is 317 g/mol. The van der Waals surface area contributed by atoms with Crippen molar-refractivity contribution in [3.05, 3.63) is 66.4 Å². The summed E-state index contributed by atoms with van der Waals surface area (Å²) in [6.45, 7) is 0.580. The zero-order valence-electron chi connectivity index (χ0n) is 13.5. The van der Waals surface area contributed by atoms with E-state index in [4.69, 9.17) is 0 Å². The number of anilines is 1. The minimum Gasteiger partial charge on any atom is -0.423 e. The Kier molecular flexibility index (Phi) is 5.40. The maximum Gasteiger partial charge on any atom is 0.488 e. The first kappa shape index (κ1) is 17.1. The largest absolute Gasteiger partial charge is 0.488 e. The molecule has 126 valence electrons. The number of nitrogens with zero attached hydrogens (tertiary/aromatic N) is 1. The Labute approximate surface area is 145 Å². The molecule has 7 heteroatoms. The normalized spacial score (nSPS) is 10.6. The Morgan fingerprint density at radius 1 is 1.08 bits per heavy atom.